The van der Waals surface area contributed by atoms with Gasteiger partial charge in [0.05, 0.1) is 13.7 Å². The van der Waals surface area contributed by atoms with Gasteiger partial charge < -0.3 is 19.5 Å². The lowest BCUT2D eigenvalue weighted by Gasteiger charge is -2.10. The molecule has 1 N–H and O–H groups in total. The van der Waals surface area contributed by atoms with Crippen LogP contribution < -0.4 is 14.8 Å². The van der Waals surface area contributed by atoms with E-state index in [0.29, 0.717) is 47.7 Å². The summed E-state index contributed by atoms with van der Waals surface area (Å²) < 4.78 is 33.3. The van der Waals surface area contributed by atoms with Gasteiger partial charge in [0.15, 0.2) is 17.3 Å². The van der Waals surface area contributed by atoms with Crippen LogP contribution in [-0.4, -0.2) is 42.6 Å². The highest BCUT2D eigenvalue weighted by molar-refractivity contribution is 7.07. The molecule has 0 unspecified atom stereocenters. The summed E-state index contributed by atoms with van der Waals surface area (Å²) in [5, 5.41) is 3.07. The van der Waals surface area contributed by atoms with Gasteiger partial charge >= 0.3 is 0 Å². The minimum absolute atomic E-state index is 0.246. The van der Waals surface area contributed by atoms with Crippen molar-refractivity contribution in [3.63, 3.8) is 0 Å². The molecule has 1 heterocycles. The second kappa shape index (κ2) is 9.94. The Morgan fingerprint density at radius 1 is 1.14 bits per heavy atom. The number of hydrogen-bond donors (Lipinski definition) is 1. The first-order valence-electron chi connectivity index (χ1n) is 8.79. The van der Waals surface area contributed by atoms with E-state index in [-0.39, 0.29) is 11.7 Å². The second-order valence-electron chi connectivity index (χ2n) is 6.00. The first-order chi connectivity index (χ1) is 14.1. The Kier molecular flexibility index (Phi) is 7.09. The maximum atomic E-state index is 13.0. The normalized spacial score (nSPS) is 10.6. The minimum atomic E-state index is -0.290. The molecule has 0 aliphatic rings. The van der Waals surface area contributed by atoms with Gasteiger partial charge in [-0.15, -0.1) is 0 Å². The van der Waals surface area contributed by atoms with Crippen molar-refractivity contribution in [2.24, 2.45) is 0 Å². The van der Waals surface area contributed by atoms with Crippen LogP contribution in [0.2, 0.25) is 0 Å². The number of amides is 1. The molecule has 0 atom stereocenters. The third kappa shape index (κ3) is 5.72. The van der Waals surface area contributed by atoms with Gasteiger partial charge in [0.25, 0.3) is 11.1 Å². The van der Waals surface area contributed by atoms with Gasteiger partial charge in [0.1, 0.15) is 5.82 Å². The van der Waals surface area contributed by atoms with Crippen LogP contribution in [0.4, 0.5) is 4.39 Å². The van der Waals surface area contributed by atoms with E-state index in [2.05, 4.69) is 14.7 Å². The molecule has 0 aliphatic heterocycles. The van der Waals surface area contributed by atoms with Crippen molar-refractivity contribution in [1.29, 1.82) is 0 Å². The molecule has 1 aromatic heterocycles. The van der Waals surface area contributed by atoms with E-state index < -0.39 is 0 Å². The van der Waals surface area contributed by atoms with Crippen LogP contribution in [0.15, 0.2) is 42.5 Å². The fourth-order valence-electron chi connectivity index (χ4n) is 2.50. The number of halogens is 1. The summed E-state index contributed by atoms with van der Waals surface area (Å²) in [6.45, 7) is 0.827. The molecule has 1 amide bonds. The van der Waals surface area contributed by atoms with Crippen LogP contribution in [0.25, 0.3) is 0 Å². The van der Waals surface area contributed by atoms with Gasteiger partial charge in [0.2, 0.25) is 0 Å². The lowest BCUT2D eigenvalue weighted by atomic mass is 10.1. The summed E-state index contributed by atoms with van der Waals surface area (Å²) >= 11 is 1.09. The number of carbonyl (C=O) groups is 1. The third-order valence-corrected chi connectivity index (χ3v) is 4.57. The van der Waals surface area contributed by atoms with Crippen molar-refractivity contribution < 1.29 is 23.4 Å². The zero-order valence-electron chi connectivity index (χ0n) is 16.0. The number of aromatic nitrogens is 2. The van der Waals surface area contributed by atoms with Crippen molar-refractivity contribution >= 4 is 17.4 Å². The molecule has 152 valence electrons. The van der Waals surface area contributed by atoms with E-state index in [0.717, 1.165) is 17.1 Å². The summed E-state index contributed by atoms with van der Waals surface area (Å²) in [5.74, 6) is 0.847. The zero-order chi connectivity index (χ0) is 20.6. The van der Waals surface area contributed by atoms with Crippen LogP contribution in [-0.2, 0) is 11.2 Å². The Bertz CT molecular complexity index is 963. The molecular formula is C20H20FN3O4S. The molecule has 0 fully saturated rings. The molecule has 0 spiro atoms. The van der Waals surface area contributed by atoms with E-state index in [4.69, 9.17) is 14.2 Å². The number of nitrogens with zero attached hydrogens (tertiary/aromatic N) is 2. The summed E-state index contributed by atoms with van der Waals surface area (Å²) in [4.78, 5) is 16.6. The lowest BCUT2D eigenvalue weighted by Crippen LogP contribution is -2.26. The summed E-state index contributed by atoms with van der Waals surface area (Å²) in [7, 11) is 3.08. The molecular weight excluding hydrogens is 397 g/mol. The number of hydrogen-bond acceptors (Lipinski definition) is 7. The molecule has 3 aromatic rings. The first-order valence-corrected chi connectivity index (χ1v) is 9.56. The molecule has 0 saturated carbocycles. The van der Waals surface area contributed by atoms with Crippen LogP contribution >= 0.6 is 11.5 Å². The number of rotatable bonds is 9. The summed E-state index contributed by atoms with van der Waals surface area (Å²) in [5.41, 5.74) is 1.32. The van der Waals surface area contributed by atoms with E-state index in [9.17, 15) is 9.18 Å². The lowest BCUT2D eigenvalue weighted by molar-refractivity contribution is 0.0936. The number of methoxy groups -OCH3 is 2. The summed E-state index contributed by atoms with van der Waals surface area (Å²) in [6.07, 6.45) is 0.458. The first kappa shape index (κ1) is 20.7. The molecule has 0 bridgehead atoms. The average molecular weight is 417 g/mol. The van der Waals surface area contributed by atoms with Crippen LogP contribution in [0, 0.1) is 5.82 Å². The van der Waals surface area contributed by atoms with E-state index >= 15 is 0 Å². The van der Waals surface area contributed by atoms with Gasteiger partial charge in [-0.3, -0.25) is 4.79 Å². The molecule has 0 saturated heterocycles. The highest BCUT2D eigenvalue weighted by Gasteiger charge is 2.14. The monoisotopic (exact) mass is 417 g/mol. The van der Waals surface area contributed by atoms with Crippen LogP contribution in [0.3, 0.4) is 0 Å². The van der Waals surface area contributed by atoms with Crippen molar-refractivity contribution in [2.45, 2.75) is 6.42 Å². The third-order valence-electron chi connectivity index (χ3n) is 3.94. The van der Waals surface area contributed by atoms with Gasteiger partial charge in [-0.2, -0.15) is 9.36 Å². The average Bonchev–Trinajstić information content (AvgIpc) is 3.16. The Morgan fingerprint density at radius 3 is 2.66 bits per heavy atom. The Morgan fingerprint density at radius 2 is 1.93 bits per heavy atom. The van der Waals surface area contributed by atoms with Gasteiger partial charge in [-0.25, -0.2) is 4.39 Å². The second-order valence-corrected chi connectivity index (χ2v) is 6.71. The fraction of sp³-hybridized carbons (Fsp3) is 0.250. The number of carbonyl (C=O) groups excluding carboxylic acids is 1. The quantitative estimate of drug-likeness (QED) is 0.537. The van der Waals surface area contributed by atoms with E-state index in [1.165, 1.54) is 19.2 Å². The van der Waals surface area contributed by atoms with E-state index in [1.54, 1.807) is 37.4 Å². The molecule has 2 aromatic carbocycles. The molecule has 0 radical (unpaired) electrons. The van der Waals surface area contributed by atoms with Crippen molar-refractivity contribution in [3.8, 4) is 16.7 Å². The van der Waals surface area contributed by atoms with Gasteiger partial charge in [0, 0.05) is 37.2 Å². The molecule has 9 heteroatoms. The highest BCUT2D eigenvalue weighted by Crippen LogP contribution is 2.33. The number of benzene rings is 2. The standard InChI is InChI=1S/C20H20FN3O4S/c1-26-10-9-22-19(25)14-5-8-16(27-2)17(12-14)28-20-23-18(24-29-20)11-13-3-6-15(21)7-4-13/h3-8,12H,9-11H2,1-2H3,(H,22,25). The zero-order valence-corrected chi connectivity index (χ0v) is 16.8. The minimum Gasteiger partial charge on any atom is -0.493 e. The molecule has 3 rings (SSSR count). The fourth-order valence-corrected chi connectivity index (χ4v) is 3.06. The maximum Gasteiger partial charge on any atom is 0.298 e. The van der Waals surface area contributed by atoms with Crippen LogP contribution in [0.1, 0.15) is 21.7 Å². The Hall–Kier alpha value is -3.04. The van der Waals surface area contributed by atoms with Gasteiger partial charge in [-0.1, -0.05) is 12.1 Å². The Balaban J connectivity index is 1.71. The van der Waals surface area contributed by atoms with Crippen molar-refractivity contribution in [3.05, 3.63) is 65.2 Å². The highest BCUT2D eigenvalue weighted by atomic mass is 32.1. The Labute approximate surface area is 171 Å². The van der Waals surface area contributed by atoms with Gasteiger partial charge in [-0.05, 0) is 35.9 Å². The predicted octanol–water partition coefficient (Wildman–Crippen LogP) is 3.45. The molecule has 0 aliphatic carbocycles. The SMILES string of the molecule is COCCNC(=O)c1ccc(OC)c(Oc2nc(Cc3ccc(F)cc3)ns2)c1. The van der Waals surface area contributed by atoms with Crippen molar-refractivity contribution in [1.82, 2.24) is 14.7 Å². The van der Waals surface area contributed by atoms with Crippen LogP contribution in [0.5, 0.6) is 16.7 Å². The van der Waals surface area contributed by atoms with Crippen molar-refractivity contribution in [2.75, 3.05) is 27.4 Å². The topological polar surface area (TPSA) is 82.6 Å². The summed E-state index contributed by atoms with van der Waals surface area (Å²) in [6, 6.07) is 11.1. The molecule has 7 nitrogen and oxygen atoms in total. The smallest absolute Gasteiger partial charge is 0.298 e. The largest absolute Gasteiger partial charge is 0.493 e. The molecule has 29 heavy (non-hydrogen) atoms. The number of ether oxygens (including phenoxy) is 3. The predicted molar refractivity (Wildman–Crippen MR) is 106 cm³/mol. The van der Waals surface area contributed by atoms with E-state index in [1.807, 2.05) is 0 Å². The number of nitrogens with one attached hydrogen (secondary N) is 1. The maximum absolute atomic E-state index is 13.0.